The van der Waals surface area contributed by atoms with Crippen LogP contribution in [0.4, 0.5) is 15.8 Å². The van der Waals surface area contributed by atoms with Gasteiger partial charge in [-0.1, -0.05) is 39.8 Å². The van der Waals surface area contributed by atoms with Crippen LogP contribution in [-0.4, -0.2) is 47.6 Å². The Hall–Kier alpha value is -3.98. The highest BCUT2D eigenvalue weighted by atomic mass is 19.1. The Morgan fingerprint density at radius 2 is 1.89 bits per heavy atom. The minimum Gasteiger partial charge on any atom is -0.504 e. The number of carbonyl (C=O) groups is 1. The number of anilines is 1. The van der Waals surface area contributed by atoms with E-state index in [0.29, 0.717) is 31.0 Å². The number of aryl methyl sites for hydroxylation is 2. The molecule has 1 amide bonds. The predicted molar refractivity (Wildman–Crippen MR) is 177 cm³/mol. The van der Waals surface area contributed by atoms with Crippen LogP contribution in [0.2, 0.25) is 0 Å². The third kappa shape index (κ3) is 9.77. The van der Waals surface area contributed by atoms with Crippen LogP contribution < -0.4 is 15.1 Å². The fourth-order valence-electron chi connectivity index (χ4n) is 4.59. The quantitative estimate of drug-likeness (QED) is 0.0880. The van der Waals surface area contributed by atoms with E-state index in [1.54, 1.807) is 26.2 Å². The van der Waals surface area contributed by atoms with Crippen molar-refractivity contribution >= 4 is 23.5 Å². The van der Waals surface area contributed by atoms with Crippen molar-refractivity contribution < 1.29 is 24.2 Å². The van der Waals surface area contributed by atoms with E-state index in [1.165, 1.54) is 41.8 Å². The van der Waals surface area contributed by atoms with Gasteiger partial charge in [0.2, 0.25) is 6.41 Å². The standard InChI is InChI=1S/C19H24FN3O3.C14H19NO.C2H6/c1-4-23(26)17-10-14(7-8-21-11-24)22-18(19(17)25)15-9-13(12(2)3)5-6-16(15)20;1-9-7-10(2)14(13(8-9)16-4)15-11(3)12-5-6-12;1-2/h5-6,9-12,25-26H,4,7-8H2,1-3H3,(H,21,24);7-8,12H,5-6H2,1-4H3;1-2H3. The number of benzene rings is 2. The SMILES string of the molecule is CC.CCN(O)c1cc(CCNC=O)nc(-c2cc(C(C)C)ccc2F)c1O.COc1cc(C)cc(C)c1N=C(C)C1CC1. The zero-order valence-electron chi connectivity index (χ0n) is 27.7. The van der Waals surface area contributed by atoms with Crippen molar-refractivity contribution in [2.24, 2.45) is 10.9 Å². The second-order valence-corrected chi connectivity index (χ2v) is 10.9. The lowest BCUT2D eigenvalue weighted by Gasteiger charge is -2.19. The van der Waals surface area contributed by atoms with Crippen LogP contribution in [0.5, 0.6) is 11.5 Å². The van der Waals surface area contributed by atoms with Gasteiger partial charge in [-0.3, -0.25) is 20.1 Å². The van der Waals surface area contributed by atoms with E-state index in [1.807, 2.05) is 33.8 Å². The Kier molecular flexibility index (Phi) is 14.3. The van der Waals surface area contributed by atoms with E-state index in [0.717, 1.165) is 22.1 Å². The molecule has 8 nitrogen and oxygen atoms in total. The van der Waals surface area contributed by atoms with Crippen molar-refractivity contribution in [3.8, 4) is 22.8 Å². The first-order valence-electron chi connectivity index (χ1n) is 15.4. The second-order valence-electron chi connectivity index (χ2n) is 10.9. The van der Waals surface area contributed by atoms with E-state index < -0.39 is 5.82 Å². The van der Waals surface area contributed by atoms with Gasteiger partial charge in [0.1, 0.15) is 28.6 Å². The molecule has 1 aromatic heterocycles. The molecule has 0 aliphatic heterocycles. The lowest BCUT2D eigenvalue weighted by Crippen LogP contribution is -2.19. The molecule has 0 unspecified atom stereocenters. The minimum atomic E-state index is -0.507. The molecule has 9 heteroatoms. The summed E-state index contributed by atoms with van der Waals surface area (Å²) >= 11 is 0. The van der Waals surface area contributed by atoms with Crippen molar-refractivity contribution in [3.05, 3.63) is 64.6 Å². The number of aromatic nitrogens is 1. The molecule has 0 radical (unpaired) electrons. The maximum Gasteiger partial charge on any atom is 0.207 e. The number of aromatic hydroxyl groups is 1. The zero-order valence-corrected chi connectivity index (χ0v) is 27.7. The van der Waals surface area contributed by atoms with Gasteiger partial charge in [-0.15, -0.1) is 0 Å². The van der Waals surface area contributed by atoms with Crippen LogP contribution in [0.3, 0.4) is 0 Å². The van der Waals surface area contributed by atoms with Crippen molar-refractivity contribution in [2.75, 3.05) is 25.3 Å². The molecule has 0 atom stereocenters. The monoisotopic (exact) mass is 608 g/mol. The number of ether oxygens (including phenoxy) is 1. The summed E-state index contributed by atoms with van der Waals surface area (Å²) in [7, 11) is 1.71. The fourth-order valence-corrected chi connectivity index (χ4v) is 4.59. The number of nitrogens with zero attached hydrogens (tertiary/aromatic N) is 3. The van der Waals surface area contributed by atoms with Gasteiger partial charge in [-0.05, 0) is 93.3 Å². The number of pyridine rings is 1. The molecule has 1 aliphatic carbocycles. The van der Waals surface area contributed by atoms with Crippen LogP contribution in [-0.2, 0) is 11.2 Å². The molecule has 3 aromatic rings. The number of nitrogens with one attached hydrogen (secondary N) is 1. The number of amides is 1. The molecule has 4 rings (SSSR count). The van der Waals surface area contributed by atoms with Gasteiger partial charge in [0.05, 0.1) is 7.11 Å². The lowest BCUT2D eigenvalue weighted by atomic mass is 9.98. The summed E-state index contributed by atoms with van der Waals surface area (Å²) < 4.78 is 19.9. The van der Waals surface area contributed by atoms with Gasteiger partial charge in [-0.25, -0.2) is 9.37 Å². The number of methoxy groups -OCH3 is 1. The smallest absolute Gasteiger partial charge is 0.207 e. The number of hydrogen-bond acceptors (Lipinski definition) is 7. The molecule has 1 heterocycles. The van der Waals surface area contributed by atoms with Crippen LogP contribution in [0.15, 0.2) is 41.4 Å². The summed E-state index contributed by atoms with van der Waals surface area (Å²) in [5.41, 5.74) is 6.46. The number of halogens is 1. The molecule has 44 heavy (non-hydrogen) atoms. The van der Waals surface area contributed by atoms with Crippen molar-refractivity contribution in [2.45, 2.75) is 80.6 Å². The van der Waals surface area contributed by atoms with Crippen molar-refractivity contribution in [1.29, 1.82) is 0 Å². The van der Waals surface area contributed by atoms with E-state index in [2.05, 4.69) is 37.1 Å². The summed E-state index contributed by atoms with van der Waals surface area (Å²) in [5, 5.41) is 24.1. The predicted octanol–water partition coefficient (Wildman–Crippen LogP) is 8.06. The Morgan fingerprint density at radius 3 is 2.45 bits per heavy atom. The first-order valence-corrected chi connectivity index (χ1v) is 15.4. The first-order chi connectivity index (χ1) is 21.0. The van der Waals surface area contributed by atoms with Crippen molar-refractivity contribution in [3.63, 3.8) is 0 Å². The van der Waals surface area contributed by atoms with Gasteiger partial charge < -0.3 is 15.2 Å². The van der Waals surface area contributed by atoms with Crippen LogP contribution in [0, 0.1) is 25.6 Å². The Bertz CT molecular complexity index is 1420. The van der Waals surface area contributed by atoms with Crippen LogP contribution in [0.25, 0.3) is 11.3 Å². The van der Waals surface area contributed by atoms with E-state index in [-0.39, 0.29) is 35.2 Å². The molecular formula is C35H49FN4O4. The molecule has 0 bridgehead atoms. The van der Waals surface area contributed by atoms with E-state index >= 15 is 0 Å². The summed E-state index contributed by atoms with van der Waals surface area (Å²) in [4.78, 5) is 19.5. The number of aliphatic imine (C=N–C) groups is 1. The number of hydrogen-bond donors (Lipinski definition) is 3. The third-order valence-corrected chi connectivity index (χ3v) is 7.21. The third-order valence-electron chi connectivity index (χ3n) is 7.21. The molecular weight excluding hydrogens is 559 g/mol. The molecule has 1 fully saturated rings. The molecule has 1 aliphatic rings. The molecule has 0 saturated heterocycles. The summed E-state index contributed by atoms with van der Waals surface area (Å²) in [5.74, 6) is 0.984. The largest absolute Gasteiger partial charge is 0.504 e. The highest BCUT2D eigenvalue weighted by Gasteiger charge is 2.25. The van der Waals surface area contributed by atoms with E-state index in [4.69, 9.17) is 9.73 Å². The van der Waals surface area contributed by atoms with Crippen LogP contribution in [0.1, 0.15) is 82.7 Å². The summed E-state index contributed by atoms with van der Waals surface area (Å²) in [6.45, 7) is 16.6. The maximum absolute atomic E-state index is 14.5. The Morgan fingerprint density at radius 1 is 1.20 bits per heavy atom. The minimum absolute atomic E-state index is 0.0658. The number of rotatable bonds is 11. The topological polar surface area (TPSA) is 107 Å². The van der Waals surface area contributed by atoms with Gasteiger partial charge >= 0.3 is 0 Å². The first kappa shape index (κ1) is 36.2. The maximum atomic E-state index is 14.5. The van der Waals surface area contributed by atoms with Gasteiger partial charge in [0.25, 0.3) is 0 Å². The molecule has 1 saturated carbocycles. The second kappa shape index (κ2) is 17.3. The Labute approximate surface area is 262 Å². The number of carbonyl (C=O) groups excluding carboxylic acids is 1. The summed E-state index contributed by atoms with van der Waals surface area (Å²) in [6.07, 6.45) is 3.55. The van der Waals surface area contributed by atoms with Crippen molar-refractivity contribution in [1.82, 2.24) is 10.3 Å². The highest BCUT2D eigenvalue weighted by Crippen LogP contribution is 2.39. The Balaban J connectivity index is 0.000000320. The van der Waals surface area contributed by atoms with Gasteiger partial charge in [-0.2, -0.15) is 0 Å². The fraction of sp³-hybridized carbons (Fsp3) is 0.457. The average molecular weight is 609 g/mol. The highest BCUT2D eigenvalue weighted by molar-refractivity contribution is 5.89. The van der Waals surface area contributed by atoms with Crippen LogP contribution >= 0.6 is 0 Å². The molecule has 240 valence electrons. The van der Waals surface area contributed by atoms with E-state index in [9.17, 15) is 19.5 Å². The molecule has 0 spiro atoms. The zero-order chi connectivity index (χ0) is 33.0. The average Bonchev–Trinajstić information content (AvgIpc) is 3.86. The summed E-state index contributed by atoms with van der Waals surface area (Å²) in [6, 6.07) is 10.4. The molecule has 2 aromatic carbocycles. The lowest BCUT2D eigenvalue weighted by molar-refractivity contribution is -0.109. The van der Waals surface area contributed by atoms with Gasteiger partial charge in [0, 0.05) is 36.5 Å². The van der Waals surface area contributed by atoms with Gasteiger partial charge in [0.15, 0.2) is 5.75 Å². The molecule has 3 N–H and O–H groups in total. The number of hydroxylamine groups is 1. The normalized spacial score (nSPS) is 12.5.